The summed E-state index contributed by atoms with van der Waals surface area (Å²) >= 11 is 0. The first-order valence-electron chi connectivity index (χ1n) is 5.95. The van der Waals surface area contributed by atoms with Crippen molar-refractivity contribution in [1.82, 2.24) is 10.1 Å². The first-order chi connectivity index (χ1) is 8.49. The maximum Gasteiger partial charge on any atom is 0.266 e. The average Bonchev–Trinajstić information content (AvgIpc) is 2.79. The molecule has 96 valence electrons. The van der Waals surface area contributed by atoms with E-state index in [1.807, 2.05) is 13.8 Å². The molecule has 1 atom stereocenters. The molecule has 2 heterocycles. The van der Waals surface area contributed by atoms with Crippen molar-refractivity contribution in [2.24, 2.45) is 5.92 Å². The Hall–Kier alpha value is -1.91. The quantitative estimate of drug-likeness (QED) is 0.753. The van der Waals surface area contributed by atoms with Crippen LogP contribution in [-0.2, 0) is 4.79 Å². The predicted octanol–water partition coefficient (Wildman–Crippen LogP) is 2.24. The van der Waals surface area contributed by atoms with Crippen LogP contribution in [0.3, 0.4) is 0 Å². The molecule has 5 heteroatoms. The molecule has 0 saturated carbocycles. The zero-order valence-electron chi connectivity index (χ0n) is 10.9. The van der Waals surface area contributed by atoms with Gasteiger partial charge in [-0.15, -0.1) is 0 Å². The van der Waals surface area contributed by atoms with E-state index in [-0.39, 0.29) is 23.8 Å². The van der Waals surface area contributed by atoms with Gasteiger partial charge in [0.15, 0.2) is 0 Å². The number of hydrogen-bond donors (Lipinski definition) is 0. The minimum absolute atomic E-state index is 0.0916. The van der Waals surface area contributed by atoms with Crippen LogP contribution in [0.1, 0.15) is 48.6 Å². The van der Waals surface area contributed by atoms with Crippen LogP contribution in [0.2, 0.25) is 0 Å². The summed E-state index contributed by atoms with van der Waals surface area (Å²) < 4.78 is 5.05. The molecule has 0 spiro atoms. The Bertz CT molecular complexity index is 528. The van der Waals surface area contributed by atoms with Gasteiger partial charge in [-0.2, -0.15) is 0 Å². The number of imide groups is 1. The van der Waals surface area contributed by atoms with Crippen molar-refractivity contribution in [2.45, 2.75) is 33.7 Å². The minimum atomic E-state index is -0.339. The van der Waals surface area contributed by atoms with Gasteiger partial charge >= 0.3 is 0 Å². The second kappa shape index (κ2) is 4.40. The van der Waals surface area contributed by atoms with Gasteiger partial charge in [0.2, 0.25) is 0 Å². The van der Waals surface area contributed by atoms with Crippen LogP contribution in [0.15, 0.2) is 16.7 Å². The zero-order chi connectivity index (χ0) is 13.4. The molecule has 0 aliphatic carbocycles. The number of carbonyl (C=O) groups excluding carboxylic acids is 2. The number of allylic oxidation sites excluding steroid dienone is 1. The van der Waals surface area contributed by atoms with Crippen LogP contribution >= 0.6 is 0 Å². The van der Waals surface area contributed by atoms with Gasteiger partial charge in [-0.3, -0.25) is 14.5 Å². The van der Waals surface area contributed by atoms with Gasteiger partial charge in [-0.25, -0.2) is 0 Å². The van der Waals surface area contributed by atoms with Crippen LogP contribution in [0, 0.1) is 12.8 Å². The highest BCUT2D eigenvalue weighted by Crippen LogP contribution is 2.39. The number of rotatable bonds is 2. The minimum Gasteiger partial charge on any atom is -0.360 e. The number of amides is 2. The van der Waals surface area contributed by atoms with Gasteiger partial charge in [0.1, 0.15) is 17.0 Å². The van der Waals surface area contributed by atoms with Gasteiger partial charge in [-0.05, 0) is 25.8 Å². The van der Waals surface area contributed by atoms with E-state index in [1.165, 1.54) is 11.0 Å². The number of fused-ring (bicyclic) bond motifs is 1. The van der Waals surface area contributed by atoms with E-state index in [0.717, 1.165) is 0 Å². The molecule has 18 heavy (non-hydrogen) atoms. The Balaban J connectivity index is 2.50. The highest BCUT2D eigenvalue weighted by atomic mass is 16.5. The number of aromatic nitrogens is 1. The molecule has 1 aliphatic heterocycles. The molecule has 0 N–H and O–H groups in total. The van der Waals surface area contributed by atoms with Crippen molar-refractivity contribution in [3.05, 3.63) is 29.2 Å². The molecule has 0 radical (unpaired) electrons. The van der Waals surface area contributed by atoms with Crippen molar-refractivity contribution in [1.29, 1.82) is 0 Å². The van der Waals surface area contributed by atoms with Crippen molar-refractivity contribution >= 4 is 11.8 Å². The Labute approximate surface area is 105 Å². The van der Waals surface area contributed by atoms with Crippen LogP contribution in [0.5, 0.6) is 0 Å². The van der Waals surface area contributed by atoms with E-state index < -0.39 is 0 Å². The van der Waals surface area contributed by atoms with E-state index in [2.05, 4.69) is 5.16 Å². The van der Waals surface area contributed by atoms with Crippen LogP contribution in [-0.4, -0.2) is 21.9 Å². The fraction of sp³-hybridized carbons (Fsp3) is 0.462. The summed E-state index contributed by atoms with van der Waals surface area (Å²) in [7, 11) is 0. The summed E-state index contributed by atoms with van der Waals surface area (Å²) in [6.07, 6.45) is 3.02. The van der Waals surface area contributed by atoms with Crippen molar-refractivity contribution < 1.29 is 14.1 Å². The second-order valence-electron chi connectivity index (χ2n) is 4.70. The van der Waals surface area contributed by atoms with Crippen LogP contribution in [0.25, 0.3) is 0 Å². The maximum atomic E-state index is 12.3. The SMILES string of the molecule is C/C=C/C(=O)N1C(=O)c2c(noc2C)[C@@H]1C(C)C. The van der Waals surface area contributed by atoms with E-state index in [1.54, 1.807) is 19.9 Å². The summed E-state index contributed by atoms with van der Waals surface area (Å²) in [6.45, 7) is 7.33. The van der Waals surface area contributed by atoms with Crippen LogP contribution in [0.4, 0.5) is 0 Å². The topological polar surface area (TPSA) is 63.4 Å². The standard InChI is InChI=1S/C13H16N2O3/c1-5-6-9(16)15-12(7(2)3)11-10(13(15)17)8(4)18-14-11/h5-7,12H,1-4H3/b6-5+/t12-/m0/s1. The molecule has 2 rings (SSSR count). The van der Waals surface area contributed by atoms with Gasteiger partial charge in [0, 0.05) is 0 Å². The molecular weight excluding hydrogens is 232 g/mol. The summed E-state index contributed by atoms with van der Waals surface area (Å²) in [5.74, 6) is -0.0607. The first-order valence-corrected chi connectivity index (χ1v) is 5.95. The summed E-state index contributed by atoms with van der Waals surface area (Å²) in [5.41, 5.74) is 1.01. The number of hydrogen-bond acceptors (Lipinski definition) is 4. The fourth-order valence-corrected chi connectivity index (χ4v) is 2.29. The molecule has 1 aromatic rings. The van der Waals surface area contributed by atoms with Gasteiger partial charge in [0.05, 0.1) is 6.04 Å². The number of nitrogens with zero attached hydrogens (tertiary/aromatic N) is 2. The first kappa shape index (κ1) is 12.5. The highest BCUT2D eigenvalue weighted by Gasteiger charge is 2.45. The molecule has 0 fully saturated rings. The lowest BCUT2D eigenvalue weighted by molar-refractivity contribution is -0.125. The third-order valence-electron chi connectivity index (χ3n) is 3.06. The lowest BCUT2D eigenvalue weighted by Gasteiger charge is -2.24. The lowest BCUT2D eigenvalue weighted by Crippen LogP contribution is -2.35. The third-order valence-corrected chi connectivity index (χ3v) is 3.06. The molecule has 0 saturated heterocycles. The van der Waals surface area contributed by atoms with Crippen LogP contribution < -0.4 is 0 Å². The van der Waals surface area contributed by atoms with Crippen molar-refractivity contribution in [2.75, 3.05) is 0 Å². The maximum absolute atomic E-state index is 12.3. The second-order valence-corrected chi connectivity index (χ2v) is 4.70. The normalized spacial score (nSPS) is 19.1. The average molecular weight is 248 g/mol. The molecule has 1 aromatic heterocycles. The van der Waals surface area contributed by atoms with Crippen molar-refractivity contribution in [3.63, 3.8) is 0 Å². The van der Waals surface area contributed by atoms with Gasteiger partial charge < -0.3 is 4.52 Å². The van der Waals surface area contributed by atoms with Gasteiger partial charge in [-0.1, -0.05) is 25.1 Å². The van der Waals surface area contributed by atoms with E-state index in [4.69, 9.17) is 4.52 Å². The number of carbonyl (C=O) groups is 2. The highest BCUT2D eigenvalue weighted by molar-refractivity contribution is 6.11. The predicted molar refractivity (Wildman–Crippen MR) is 64.8 cm³/mol. The Kier molecular flexibility index (Phi) is 3.07. The Morgan fingerprint density at radius 2 is 2.17 bits per heavy atom. The summed E-state index contributed by atoms with van der Waals surface area (Å²) in [6, 6.07) is -0.339. The summed E-state index contributed by atoms with van der Waals surface area (Å²) in [4.78, 5) is 25.6. The van der Waals surface area contributed by atoms with E-state index in [9.17, 15) is 9.59 Å². The Morgan fingerprint density at radius 1 is 1.50 bits per heavy atom. The van der Waals surface area contributed by atoms with Gasteiger partial charge in [0.25, 0.3) is 11.8 Å². The molecule has 2 amide bonds. The molecule has 0 aromatic carbocycles. The Morgan fingerprint density at radius 3 is 2.72 bits per heavy atom. The van der Waals surface area contributed by atoms with E-state index >= 15 is 0 Å². The zero-order valence-corrected chi connectivity index (χ0v) is 10.9. The monoisotopic (exact) mass is 248 g/mol. The lowest BCUT2D eigenvalue weighted by atomic mass is 10.0. The molecular formula is C13H16N2O3. The summed E-state index contributed by atoms with van der Waals surface area (Å²) in [5, 5.41) is 3.93. The fourth-order valence-electron chi connectivity index (χ4n) is 2.29. The third kappa shape index (κ3) is 1.66. The van der Waals surface area contributed by atoms with E-state index in [0.29, 0.717) is 17.0 Å². The molecule has 5 nitrogen and oxygen atoms in total. The molecule has 1 aliphatic rings. The molecule has 0 unspecified atom stereocenters. The largest absolute Gasteiger partial charge is 0.360 e. The smallest absolute Gasteiger partial charge is 0.266 e. The number of aryl methyl sites for hydroxylation is 1. The molecule has 0 bridgehead atoms. The van der Waals surface area contributed by atoms with Crippen molar-refractivity contribution in [3.8, 4) is 0 Å².